The standard InChI is InChI=1S/C10H11BrN4S/c1-7-13-14-10(15(7)2)16-6-8-3-9(11)5-12-4-8/h3-5H,6H2,1-2H3. The first kappa shape index (κ1) is 11.6. The van der Waals surface area contributed by atoms with Crippen LogP contribution in [-0.4, -0.2) is 19.7 Å². The van der Waals surface area contributed by atoms with Gasteiger partial charge >= 0.3 is 0 Å². The maximum atomic E-state index is 4.12. The summed E-state index contributed by atoms with van der Waals surface area (Å²) in [4.78, 5) is 4.12. The molecule has 4 nitrogen and oxygen atoms in total. The summed E-state index contributed by atoms with van der Waals surface area (Å²) in [5.41, 5.74) is 1.17. The maximum Gasteiger partial charge on any atom is 0.191 e. The Labute approximate surface area is 107 Å². The molecule has 2 rings (SSSR count). The zero-order valence-electron chi connectivity index (χ0n) is 9.01. The van der Waals surface area contributed by atoms with Crippen LogP contribution in [0.4, 0.5) is 0 Å². The molecule has 0 aromatic carbocycles. The van der Waals surface area contributed by atoms with Crippen molar-refractivity contribution in [1.29, 1.82) is 0 Å². The molecule has 6 heteroatoms. The molecule has 0 spiro atoms. The van der Waals surface area contributed by atoms with Gasteiger partial charge in [0.2, 0.25) is 0 Å². The highest BCUT2D eigenvalue weighted by Gasteiger charge is 2.05. The molecular formula is C10H11BrN4S. The van der Waals surface area contributed by atoms with E-state index in [0.717, 1.165) is 21.2 Å². The van der Waals surface area contributed by atoms with Gasteiger partial charge in [-0.2, -0.15) is 0 Å². The Morgan fingerprint density at radius 3 is 2.81 bits per heavy atom. The summed E-state index contributed by atoms with van der Waals surface area (Å²) < 4.78 is 2.98. The Hall–Kier alpha value is -0.880. The molecule has 0 saturated carbocycles. The van der Waals surface area contributed by atoms with E-state index < -0.39 is 0 Å². The van der Waals surface area contributed by atoms with Crippen molar-refractivity contribution >= 4 is 27.7 Å². The van der Waals surface area contributed by atoms with Gasteiger partial charge in [0.25, 0.3) is 0 Å². The Kier molecular flexibility index (Phi) is 3.60. The first-order chi connectivity index (χ1) is 7.66. The molecule has 0 radical (unpaired) electrons. The minimum absolute atomic E-state index is 0.846. The van der Waals surface area contributed by atoms with Crippen molar-refractivity contribution in [2.45, 2.75) is 17.8 Å². The van der Waals surface area contributed by atoms with Crippen molar-refractivity contribution < 1.29 is 0 Å². The quantitative estimate of drug-likeness (QED) is 0.817. The van der Waals surface area contributed by atoms with E-state index in [1.54, 1.807) is 18.0 Å². The molecule has 0 aliphatic rings. The summed E-state index contributed by atoms with van der Waals surface area (Å²) in [6.07, 6.45) is 3.64. The molecule has 0 fully saturated rings. The predicted molar refractivity (Wildman–Crippen MR) is 67.2 cm³/mol. The molecular weight excluding hydrogens is 288 g/mol. The van der Waals surface area contributed by atoms with Crippen LogP contribution in [0.15, 0.2) is 28.1 Å². The molecule has 2 aromatic rings. The first-order valence-electron chi connectivity index (χ1n) is 4.75. The van der Waals surface area contributed by atoms with Gasteiger partial charge in [0.1, 0.15) is 5.82 Å². The second kappa shape index (κ2) is 4.97. The van der Waals surface area contributed by atoms with Crippen LogP contribution in [-0.2, 0) is 12.8 Å². The minimum Gasteiger partial charge on any atom is -0.309 e. The van der Waals surface area contributed by atoms with Gasteiger partial charge in [0.05, 0.1) is 0 Å². The van der Waals surface area contributed by atoms with Crippen LogP contribution in [0.2, 0.25) is 0 Å². The normalized spacial score (nSPS) is 10.7. The highest BCUT2D eigenvalue weighted by atomic mass is 79.9. The third-order valence-corrected chi connectivity index (χ3v) is 3.71. The zero-order valence-corrected chi connectivity index (χ0v) is 11.4. The largest absolute Gasteiger partial charge is 0.309 e. The second-order valence-corrected chi connectivity index (χ2v) is 5.25. The number of halogens is 1. The Bertz CT molecular complexity index is 497. The van der Waals surface area contributed by atoms with E-state index in [1.165, 1.54) is 5.56 Å². The highest BCUT2D eigenvalue weighted by Crippen LogP contribution is 2.21. The number of thioether (sulfide) groups is 1. The van der Waals surface area contributed by atoms with E-state index in [-0.39, 0.29) is 0 Å². The molecule has 84 valence electrons. The van der Waals surface area contributed by atoms with E-state index in [4.69, 9.17) is 0 Å². The smallest absolute Gasteiger partial charge is 0.191 e. The van der Waals surface area contributed by atoms with Gasteiger partial charge in [-0.15, -0.1) is 10.2 Å². The van der Waals surface area contributed by atoms with E-state index >= 15 is 0 Å². The molecule has 0 bridgehead atoms. The van der Waals surface area contributed by atoms with Gasteiger partial charge in [-0.25, -0.2) is 0 Å². The monoisotopic (exact) mass is 298 g/mol. The Morgan fingerprint density at radius 1 is 1.38 bits per heavy atom. The molecule has 0 unspecified atom stereocenters. The van der Waals surface area contributed by atoms with Crippen LogP contribution in [0.1, 0.15) is 11.4 Å². The third kappa shape index (κ3) is 2.62. The fourth-order valence-electron chi connectivity index (χ4n) is 1.20. The minimum atomic E-state index is 0.846. The molecule has 16 heavy (non-hydrogen) atoms. The van der Waals surface area contributed by atoms with E-state index in [0.29, 0.717) is 0 Å². The lowest BCUT2D eigenvalue weighted by atomic mass is 10.3. The van der Waals surface area contributed by atoms with Gasteiger partial charge in [0, 0.05) is 29.7 Å². The summed E-state index contributed by atoms with van der Waals surface area (Å²) in [6.45, 7) is 1.94. The van der Waals surface area contributed by atoms with Crippen LogP contribution < -0.4 is 0 Å². The summed E-state index contributed by atoms with van der Waals surface area (Å²) in [5, 5.41) is 9.04. The summed E-state index contributed by atoms with van der Waals surface area (Å²) in [6, 6.07) is 2.06. The van der Waals surface area contributed by atoms with Crippen molar-refractivity contribution in [1.82, 2.24) is 19.7 Å². The average molecular weight is 299 g/mol. The lowest BCUT2D eigenvalue weighted by molar-refractivity contribution is 0.765. The number of pyridine rings is 1. The molecule has 2 heterocycles. The maximum absolute atomic E-state index is 4.12. The lowest BCUT2D eigenvalue weighted by Crippen LogP contribution is -1.94. The van der Waals surface area contributed by atoms with Crippen molar-refractivity contribution in [2.75, 3.05) is 0 Å². The molecule has 0 saturated heterocycles. The summed E-state index contributed by atoms with van der Waals surface area (Å²) in [5.74, 6) is 1.77. The molecule has 0 N–H and O–H groups in total. The lowest BCUT2D eigenvalue weighted by Gasteiger charge is -2.01. The first-order valence-corrected chi connectivity index (χ1v) is 6.53. The average Bonchev–Trinajstić information content (AvgIpc) is 2.57. The molecule has 2 aromatic heterocycles. The zero-order chi connectivity index (χ0) is 11.5. The summed E-state index contributed by atoms with van der Waals surface area (Å²) >= 11 is 5.06. The van der Waals surface area contributed by atoms with Gasteiger partial charge < -0.3 is 4.57 Å². The van der Waals surface area contributed by atoms with E-state index in [1.807, 2.05) is 24.7 Å². The SMILES string of the molecule is Cc1nnc(SCc2cncc(Br)c2)n1C. The number of hydrogen-bond acceptors (Lipinski definition) is 4. The topological polar surface area (TPSA) is 43.6 Å². The Morgan fingerprint density at radius 2 is 2.19 bits per heavy atom. The Balaban J connectivity index is 2.05. The van der Waals surface area contributed by atoms with Crippen LogP contribution in [0.25, 0.3) is 0 Å². The molecule has 0 aliphatic carbocycles. The van der Waals surface area contributed by atoms with Gasteiger partial charge in [0.15, 0.2) is 5.16 Å². The summed E-state index contributed by atoms with van der Waals surface area (Å²) in [7, 11) is 1.97. The van der Waals surface area contributed by atoms with Crippen LogP contribution in [0.3, 0.4) is 0 Å². The predicted octanol–water partition coefficient (Wildman–Crippen LogP) is 2.57. The fraction of sp³-hybridized carbons (Fsp3) is 0.300. The number of rotatable bonds is 3. The molecule has 0 aliphatic heterocycles. The molecule has 0 amide bonds. The van der Waals surface area contributed by atoms with Crippen molar-refractivity contribution in [2.24, 2.45) is 7.05 Å². The number of hydrogen-bond donors (Lipinski definition) is 0. The number of nitrogens with zero attached hydrogens (tertiary/aromatic N) is 4. The van der Waals surface area contributed by atoms with Crippen molar-refractivity contribution in [3.05, 3.63) is 34.3 Å². The number of aryl methyl sites for hydroxylation is 1. The fourth-order valence-corrected chi connectivity index (χ4v) is 2.49. The van der Waals surface area contributed by atoms with Crippen molar-refractivity contribution in [3.8, 4) is 0 Å². The number of aromatic nitrogens is 4. The third-order valence-electron chi connectivity index (χ3n) is 2.18. The van der Waals surface area contributed by atoms with Gasteiger partial charge in [-0.05, 0) is 34.5 Å². The van der Waals surface area contributed by atoms with Crippen LogP contribution in [0.5, 0.6) is 0 Å². The molecule has 0 atom stereocenters. The second-order valence-electron chi connectivity index (χ2n) is 3.39. The van der Waals surface area contributed by atoms with Crippen LogP contribution in [0, 0.1) is 6.92 Å². The van der Waals surface area contributed by atoms with Crippen LogP contribution >= 0.6 is 27.7 Å². The highest BCUT2D eigenvalue weighted by molar-refractivity contribution is 9.10. The van der Waals surface area contributed by atoms with Gasteiger partial charge in [-0.1, -0.05) is 11.8 Å². The van der Waals surface area contributed by atoms with Gasteiger partial charge in [-0.3, -0.25) is 4.98 Å². The van der Waals surface area contributed by atoms with E-state index in [9.17, 15) is 0 Å². The van der Waals surface area contributed by atoms with E-state index in [2.05, 4.69) is 37.2 Å². The van der Waals surface area contributed by atoms with Crippen molar-refractivity contribution in [3.63, 3.8) is 0 Å².